The van der Waals surface area contributed by atoms with Crippen molar-refractivity contribution in [1.29, 1.82) is 0 Å². The van der Waals surface area contributed by atoms with Crippen molar-refractivity contribution in [1.82, 2.24) is 10.6 Å². The summed E-state index contributed by atoms with van der Waals surface area (Å²) in [5, 5.41) is 8.72. The minimum Gasteiger partial charge on any atom is -0.350 e. The molecule has 22 heavy (non-hydrogen) atoms. The molecule has 5 nitrogen and oxygen atoms in total. The Morgan fingerprint density at radius 1 is 1.18 bits per heavy atom. The van der Waals surface area contributed by atoms with Crippen LogP contribution in [0.5, 0.6) is 0 Å². The Morgan fingerprint density at radius 2 is 1.82 bits per heavy atom. The number of carbonyl (C=O) groups excluding carboxylic acids is 2. The van der Waals surface area contributed by atoms with Crippen molar-refractivity contribution in [3.05, 3.63) is 29.3 Å². The molecule has 0 saturated carbocycles. The second-order valence-electron chi connectivity index (χ2n) is 5.61. The Bertz CT molecular complexity index is 518. The summed E-state index contributed by atoms with van der Waals surface area (Å²) in [5.74, 6) is -0.250. The van der Waals surface area contributed by atoms with E-state index in [0.29, 0.717) is 12.1 Å². The van der Waals surface area contributed by atoms with Gasteiger partial charge in [-0.15, -0.1) is 12.4 Å². The minimum absolute atomic E-state index is 0. The molecule has 0 saturated heterocycles. The molecule has 1 aromatic carbocycles. The average Bonchev–Trinajstić information content (AvgIpc) is 2.40. The highest BCUT2D eigenvalue weighted by molar-refractivity contribution is 5.97. The number of aryl methyl sites for hydroxylation is 1. The number of hydrogen-bond acceptors (Lipinski definition) is 3. The number of nitrogens with one attached hydrogen (secondary N) is 3. The number of carbonyl (C=O) groups is 2. The smallest absolute Gasteiger partial charge is 0.251 e. The summed E-state index contributed by atoms with van der Waals surface area (Å²) in [4.78, 5) is 23.9. The molecule has 6 heteroatoms. The quantitative estimate of drug-likeness (QED) is 0.751. The van der Waals surface area contributed by atoms with Crippen LogP contribution in [0.2, 0.25) is 0 Å². The molecular formula is C16H26ClN3O2. The van der Waals surface area contributed by atoms with E-state index in [9.17, 15) is 9.59 Å². The van der Waals surface area contributed by atoms with E-state index in [2.05, 4.69) is 16.0 Å². The summed E-state index contributed by atoms with van der Waals surface area (Å²) >= 11 is 0. The van der Waals surface area contributed by atoms with Crippen molar-refractivity contribution in [2.24, 2.45) is 5.92 Å². The molecule has 0 fully saturated rings. The number of rotatable bonds is 6. The summed E-state index contributed by atoms with van der Waals surface area (Å²) in [6.07, 6.45) is 0. The molecule has 0 radical (unpaired) electrons. The highest BCUT2D eigenvalue weighted by atomic mass is 35.5. The zero-order valence-electron chi connectivity index (χ0n) is 13.8. The second kappa shape index (κ2) is 9.43. The predicted molar refractivity (Wildman–Crippen MR) is 92.7 cm³/mol. The fraction of sp³-hybridized carbons (Fsp3) is 0.500. The third-order valence-corrected chi connectivity index (χ3v) is 3.12. The highest BCUT2D eigenvalue weighted by Crippen LogP contribution is 2.17. The van der Waals surface area contributed by atoms with Crippen molar-refractivity contribution in [2.45, 2.75) is 33.7 Å². The monoisotopic (exact) mass is 327 g/mol. The fourth-order valence-electron chi connectivity index (χ4n) is 1.95. The Balaban J connectivity index is 0.00000441. The first kappa shape index (κ1) is 20.4. The van der Waals surface area contributed by atoms with Crippen molar-refractivity contribution >= 4 is 29.9 Å². The lowest BCUT2D eigenvalue weighted by Gasteiger charge is -2.14. The van der Waals surface area contributed by atoms with E-state index in [1.165, 1.54) is 0 Å². The first-order valence-electron chi connectivity index (χ1n) is 7.22. The topological polar surface area (TPSA) is 70.2 Å². The number of hydrogen-bond donors (Lipinski definition) is 3. The molecule has 0 bridgehead atoms. The van der Waals surface area contributed by atoms with Crippen LogP contribution in [0.25, 0.3) is 0 Å². The van der Waals surface area contributed by atoms with E-state index in [0.717, 1.165) is 11.3 Å². The standard InChI is InChI=1S/C16H25N3O2.ClH/c1-10(2)18-16(21)13-6-7-14(11(3)8-13)19-15(20)12(4)9-17-5;/h6-8,10,12,17H,9H2,1-5H3,(H,18,21)(H,19,20);1H. The average molecular weight is 328 g/mol. The first-order valence-corrected chi connectivity index (χ1v) is 7.22. The molecule has 1 atom stereocenters. The molecule has 0 heterocycles. The summed E-state index contributed by atoms with van der Waals surface area (Å²) in [6.45, 7) is 8.21. The van der Waals surface area contributed by atoms with Gasteiger partial charge >= 0.3 is 0 Å². The van der Waals surface area contributed by atoms with E-state index in [1.54, 1.807) is 18.2 Å². The van der Waals surface area contributed by atoms with Crippen LogP contribution in [-0.2, 0) is 4.79 Å². The summed E-state index contributed by atoms with van der Waals surface area (Å²) < 4.78 is 0. The molecular weight excluding hydrogens is 302 g/mol. The number of amides is 2. The van der Waals surface area contributed by atoms with Crippen LogP contribution in [0.15, 0.2) is 18.2 Å². The van der Waals surface area contributed by atoms with E-state index >= 15 is 0 Å². The maximum atomic E-state index is 12.0. The highest BCUT2D eigenvalue weighted by Gasteiger charge is 2.14. The van der Waals surface area contributed by atoms with Gasteiger partial charge in [0.1, 0.15) is 0 Å². The summed E-state index contributed by atoms with van der Waals surface area (Å²) in [6, 6.07) is 5.38. The van der Waals surface area contributed by atoms with Gasteiger partial charge in [-0.1, -0.05) is 6.92 Å². The van der Waals surface area contributed by atoms with Gasteiger partial charge in [0.15, 0.2) is 0 Å². The molecule has 1 aromatic rings. The van der Waals surface area contributed by atoms with Crippen molar-refractivity contribution in [2.75, 3.05) is 18.9 Å². The molecule has 0 spiro atoms. The van der Waals surface area contributed by atoms with Gasteiger partial charge in [-0.25, -0.2) is 0 Å². The normalized spacial score (nSPS) is 11.5. The first-order chi connectivity index (χ1) is 9.85. The van der Waals surface area contributed by atoms with E-state index in [1.807, 2.05) is 34.7 Å². The van der Waals surface area contributed by atoms with Crippen LogP contribution in [-0.4, -0.2) is 31.4 Å². The maximum Gasteiger partial charge on any atom is 0.251 e. The fourth-order valence-corrected chi connectivity index (χ4v) is 1.95. The van der Waals surface area contributed by atoms with Gasteiger partial charge in [-0.05, 0) is 51.6 Å². The minimum atomic E-state index is -0.113. The Kier molecular flexibility index (Phi) is 8.75. The van der Waals surface area contributed by atoms with Gasteiger partial charge in [0.2, 0.25) is 5.91 Å². The van der Waals surface area contributed by atoms with Crippen LogP contribution < -0.4 is 16.0 Å². The Labute approximate surface area is 138 Å². The van der Waals surface area contributed by atoms with Gasteiger partial charge < -0.3 is 16.0 Å². The lowest BCUT2D eigenvalue weighted by Crippen LogP contribution is -2.30. The number of benzene rings is 1. The third-order valence-electron chi connectivity index (χ3n) is 3.12. The molecule has 3 N–H and O–H groups in total. The van der Waals surface area contributed by atoms with Crippen molar-refractivity contribution in [3.8, 4) is 0 Å². The second-order valence-corrected chi connectivity index (χ2v) is 5.61. The van der Waals surface area contributed by atoms with Crippen LogP contribution in [0.3, 0.4) is 0 Å². The van der Waals surface area contributed by atoms with Crippen LogP contribution in [0.4, 0.5) is 5.69 Å². The van der Waals surface area contributed by atoms with Gasteiger partial charge in [0, 0.05) is 29.8 Å². The molecule has 0 aliphatic rings. The third kappa shape index (κ3) is 6.03. The predicted octanol–water partition coefficient (Wildman–Crippen LogP) is 2.35. The zero-order chi connectivity index (χ0) is 16.0. The molecule has 124 valence electrons. The number of halogens is 1. The lowest BCUT2D eigenvalue weighted by atomic mass is 10.1. The van der Waals surface area contributed by atoms with E-state index < -0.39 is 0 Å². The molecule has 1 rings (SSSR count). The number of anilines is 1. The zero-order valence-corrected chi connectivity index (χ0v) is 14.6. The van der Waals surface area contributed by atoms with Crippen LogP contribution in [0, 0.1) is 12.8 Å². The Hall–Kier alpha value is -1.59. The molecule has 0 aromatic heterocycles. The van der Waals surface area contributed by atoms with Crippen molar-refractivity contribution in [3.63, 3.8) is 0 Å². The van der Waals surface area contributed by atoms with E-state index in [4.69, 9.17) is 0 Å². The van der Waals surface area contributed by atoms with Crippen LogP contribution in [0.1, 0.15) is 36.7 Å². The molecule has 2 amide bonds. The summed E-state index contributed by atoms with van der Waals surface area (Å²) in [5.41, 5.74) is 2.21. The Morgan fingerprint density at radius 3 is 2.32 bits per heavy atom. The van der Waals surface area contributed by atoms with Crippen molar-refractivity contribution < 1.29 is 9.59 Å². The van der Waals surface area contributed by atoms with E-state index in [-0.39, 0.29) is 36.2 Å². The molecule has 0 aliphatic carbocycles. The SMILES string of the molecule is CNCC(C)C(=O)Nc1ccc(C(=O)NC(C)C)cc1C.Cl. The van der Waals surface area contributed by atoms with Gasteiger partial charge in [0.25, 0.3) is 5.91 Å². The van der Waals surface area contributed by atoms with Gasteiger partial charge in [-0.2, -0.15) is 0 Å². The molecule has 0 aliphatic heterocycles. The maximum absolute atomic E-state index is 12.0. The van der Waals surface area contributed by atoms with Gasteiger partial charge in [-0.3, -0.25) is 9.59 Å². The molecule has 1 unspecified atom stereocenters. The van der Waals surface area contributed by atoms with Gasteiger partial charge in [0.05, 0.1) is 0 Å². The largest absolute Gasteiger partial charge is 0.350 e. The summed E-state index contributed by atoms with van der Waals surface area (Å²) in [7, 11) is 1.82. The van der Waals surface area contributed by atoms with Crippen LogP contribution >= 0.6 is 12.4 Å². The lowest BCUT2D eigenvalue weighted by molar-refractivity contribution is -0.119.